The number of nitrogens with one attached hydrogen (secondary N) is 4. The summed E-state index contributed by atoms with van der Waals surface area (Å²) in [5.74, 6) is 8.06. The van der Waals surface area contributed by atoms with Gasteiger partial charge < -0.3 is 44.6 Å². The van der Waals surface area contributed by atoms with E-state index in [0.29, 0.717) is 37.1 Å². The molecular formula is C43H50N8O7. The number of likely N-dealkylation sites (tertiary alicyclic amines) is 2. The van der Waals surface area contributed by atoms with Crippen LogP contribution in [0.1, 0.15) is 93.9 Å². The number of aromatic nitrogens is 4. The fourth-order valence-corrected chi connectivity index (χ4v) is 7.90. The van der Waals surface area contributed by atoms with Crippen LogP contribution in [0.5, 0.6) is 5.75 Å². The predicted octanol–water partition coefficient (Wildman–Crippen LogP) is 5.85. The second-order valence-corrected chi connectivity index (χ2v) is 15.6. The molecule has 0 radical (unpaired) electrons. The number of alkyl carbamates (subject to hydrolysis) is 2. The van der Waals surface area contributed by atoms with Gasteiger partial charge in [-0.3, -0.25) is 9.59 Å². The second-order valence-electron chi connectivity index (χ2n) is 15.6. The lowest BCUT2D eigenvalue weighted by molar-refractivity contribution is -0.136. The first kappa shape index (κ1) is 39.9. The minimum Gasteiger partial charge on any atom is -0.487 e. The van der Waals surface area contributed by atoms with Gasteiger partial charge in [-0.2, -0.15) is 0 Å². The molecule has 5 heterocycles. The standard InChI is InChI=1S/C43H50N8O7/c1-24(2)35(48-42(54)56-5)40(52)50-19-7-9-32(50)38-44-22-30(45-38)28-16-13-26(14-17-28)11-12-27-15-18-29-34(21-27)58-23-31-37(29)47-39(46-31)33-10-8-20-51(33)41(53)36(25(3)4)49-43(55)57-6/h13-18,21-22,24-25,32-33,35-36H,7-10,19-20,23H2,1-6H3,(H,44,45)(H,46,47)(H,48,54)(H,49,55)/t32?,33?,35-,36-/m0/s1. The lowest BCUT2D eigenvalue weighted by atomic mass is 10.0. The Bertz CT molecular complexity index is 2230. The van der Waals surface area contributed by atoms with Crippen LogP contribution in [0, 0.1) is 23.7 Å². The third-order valence-electron chi connectivity index (χ3n) is 11.0. The molecule has 15 heteroatoms. The Kier molecular flexibility index (Phi) is 11.7. The molecule has 0 spiro atoms. The van der Waals surface area contributed by atoms with E-state index in [4.69, 9.17) is 19.2 Å². The summed E-state index contributed by atoms with van der Waals surface area (Å²) in [6, 6.07) is 11.8. The number of aromatic amines is 2. The first-order valence-electron chi connectivity index (χ1n) is 19.8. The zero-order chi connectivity index (χ0) is 41.1. The van der Waals surface area contributed by atoms with E-state index < -0.39 is 24.3 Å². The molecule has 2 fully saturated rings. The molecule has 15 nitrogen and oxygen atoms in total. The molecule has 4 atom stereocenters. The molecule has 58 heavy (non-hydrogen) atoms. The number of amides is 4. The lowest BCUT2D eigenvalue weighted by Crippen LogP contribution is -2.51. The molecule has 3 aliphatic rings. The van der Waals surface area contributed by atoms with Crippen LogP contribution in [0.15, 0.2) is 48.7 Å². The molecule has 0 aliphatic carbocycles. The van der Waals surface area contributed by atoms with E-state index in [2.05, 4.69) is 37.4 Å². The van der Waals surface area contributed by atoms with E-state index in [1.54, 1.807) is 16.0 Å². The molecule has 2 aromatic carbocycles. The molecule has 4 N–H and O–H groups in total. The molecule has 4 aromatic rings. The Morgan fingerprint density at radius 3 is 1.95 bits per heavy atom. The van der Waals surface area contributed by atoms with Crippen LogP contribution in [0.25, 0.3) is 22.5 Å². The average Bonchev–Trinajstić information content (AvgIpc) is 4.06. The molecule has 7 rings (SSSR count). The summed E-state index contributed by atoms with van der Waals surface area (Å²) >= 11 is 0. The van der Waals surface area contributed by atoms with E-state index >= 15 is 0 Å². The third-order valence-corrected chi connectivity index (χ3v) is 11.0. The van der Waals surface area contributed by atoms with Crippen molar-refractivity contribution in [1.82, 2.24) is 40.4 Å². The van der Waals surface area contributed by atoms with Crippen molar-refractivity contribution in [3.05, 3.63) is 77.1 Å². The summed E-state index contributed by atoms with van der Waals surface area (Å²) in [4.78, 5) is 71.2. The molecule has 2 saturated heterocycles. The highest BCUT2D eigenvalue weighted by Gasteiger charge is 2.39. The molecule has 3 aliphatic heterocycles. The maximum absolute atomic E-state index is 13.6. The first-order chi connectivity index (χ1) is 27.9. The van der Waals surface area contributed by atoms with E-state index in [-0.39, 0.29) is 35.7 Å². The maximum atomic E-state index is 13.6. The quantitative estimate of drug-likeness (QED) is 0.151. The number of carbonyl (C=O) groups excluding carboxylic acids is 4. The van der Waals surface area contributed by atoms with Crippen molar-refractivity contribution in [1.29, 1.82) is 0 Å². The van der Waals surface area contributed by atoms with Gasteiger partial charge in [-0.25, -0.2) is 19.6 Å². The first-order valence-corrected chi connectivity index (χ1v) is 19.8. The Morgan fingerprint density at radius 2 is 1.36 bits per heavy atom. The zero-order valence-electron chi connectivity index (χ0n) is 33.7. The normalized spacial score (nSPS) is 18.1. The number of fused-ring (bicyclic) bond motifs is 3. The van der Waals surface area contributed by atoms with Gasteiger partial charge in [0.2, 0.25) is 11.8 Å². The highest BCUT2D eigenvalue weighted by molar-refractivity contribution is 5.87. The second kappa shape index (κ2) is 17.1. The molecular weight excluding hydrogens is 741 g/mol. The highest BCUT2D eigenvalue weighted by atomic mass is 16.5. The topological polar surface area (TPSA) is 184 Å². The van der Waals surface area contributed by atoms with Gasteiger partial charge in [0.1, 0.15) is 36.1 Å². The van der Waals surface area contributed by atoms with Crippen LogP contribution in [0.3, 0.4) is 0 Å². The van der Waals surface area contributed by atoms with Crippen molar-refractivity contribution in [3.63, 3.8) is 0 Å². The molecule has 2 aromatic heterocycles. The van der Waals surface area contributed by atoms with Gasteiger partial charge in [0.25, 0.3) is 0 Å². The van der Waals surface area contributed by atoms with E-state index in [1.807, 2.05) is 70.2 Å². The number of ether oxygens (including phenoxy) is 3. The number of carbonyl (C=O) groups is 4. The van der Waals surface area contributed by atoms with Gasteiger partial charge in [-0.1, -0.05) is 51.7 Å². The van der Waals surface area contributed by atoms with Crippen LogP contribution in [-0.2, 0) is 25.7 Å². The fourth-order valence-electron chi connectivity index (χ4n) is 7.90. The highest BCUT2D eigenvalue weighted by Crippen LogP contribution is 2.40. The van der Waals surface area contributed by atoms with Gasteiger partial charge >= 0.3 is 12.2 Å². The number of H-pyrrole nitrogens is 2. The number of benzene rings is 2. The predicted molar refractivity (Wildman–Crippen MR) is 214 cm³/mol. The minimum atomic E-state index is -0.708. The largest absolute Gasteiger partial charge is 0.487 e. The summed E-state index contributed by atoms with van der Waals surface area (Å²) < 4.78 is 15.7. The lowest BCUT2D eigenvalue weighted by Gasteiger charge is -2.30. The molecule has 2 unspecified atom stereocenters. The van der Waals surface area contributed by atoms with E-state index in [9.17, 15) is 19.2 Å². The van der Waals surface area contributed by atoms with Crippen molar-refractivity contribution in [2.24, 2.45) is 11.8 Å². The van der Waals surface area contributed by atoms with Gasteiger partial charge in [0, 0.05) is 29.8 Å². The van der Waals surface area contributed by atoms with Crippen molar-refractivity contribution in [3.8, 4) is 40.1 Å². The minimum absolute atomic E-state index is 0.112. The number of rotatable bonds is 9. The van der Waals surface area contributed by atoms with Crippen LogP contribution in [0.2, 0.25) is 0 Å². The molecule has 4 amide bonds. The smallest absolute Gasteiger partial charge is 0.407 e. The average molecular weight is 791 g/mol. The number of nitrogens with zero attached hydrogens (tertiary/aromatic N) is 4. The molecule has 304 valence electrons. The van der Waals surface area contributed by atoms with Crippen LogP contribution in [-0.4, -0.2) is 93.1 Å². The van der Waals surface area contributed by atoms with Gasteiger partial charge in [0.05, 0.1) is 49.6 Å². The van der Waals surface area contributed by atoms with Crippen LogP contribution in [0.4, 0.5) is 9.59 Å². The Labute approximate surface area is 337 Å². The molecule has 0 saturated carbocycles. The van der Waals surface area contributed by atoms with Crippen molar-refractivity contribution >= 4 is 24.0 Å². The van der Waals surface area contributed by atoms with E-state index in [1.165, 1.54) is 14.2 Å². The number of hydrogen-bond donors (Lipinski definition) is 4. The Morgan fingerprint density at radius 1 is 0.793 bits per heavy atom. The SMILES string of the molecule is COC(=O)N[C@H](C(=O)N1CCCC1c1ncc(-c2ccc(C#Cc3ccc4c(c3)OCc3[nH]c(C5CCCN5C(=O)[C@@H](NC(=O)OC)C(C)C)nc3-4)cc2)[nH]1)C(C)C. The summed E-state index contributed by atoms with van der Waals surface area (Å²) in [6.45, 7) is 9.04. The summed E-state index contributed by atoms with van der Waals surface area (Å²) in [6.07, 6.45) is 3.71. The summed E-state index contributed by atoms with van der Waals surface area (Å²) in [7, 11) is 2.57. The maximum Gasteiger partial charge on any atom is 0.407 e. The summed E-state index contributed by atoms with van der Waals surface area (Å²) in [5, 5.41) is 5.38. The fraction of sp³-hybridized carbons (Fsp3) is 0.442. The van der Waals surface area contributed by atoms with Crippen molar-refractivity contribution in [2.45, 2.75) is 84.2 Å². The monoisotopic (exact) mass is 790 g/mol. The third kappa shape index (κ3) is 8.23. The van der Waals surface area contributed by atoms with Gasteiger partial charge in [-0.05, 0) is 73.4 Å². The van der Waals surface area contributed by atoms with E-state index in [0.717, 1.165) is 65.0 Å². The zero-order valence-corrected chi connectivity index (χ0v) is 33.7. The number of imidazole rings is 2. The Hall–Kier alpha value is -6.30. The number of methoxy groups -OCH3 is 2. The van der Waals surface area contributed by atoms with Crippen LogP contribution >= 0.6 is 0 Å². The van der Waals surface area contributed by atoms with Gasteiger partial charge in [-0.15, -0.1) is 0 Å². The van der Waals surface area contributed by atoms with Crippen LogP contribution < -0.4 is 15.4 Å². The molecule has 0 bridgehead atoms. The Balaban J connectivity index is 1.01. The van der Waals surface area contributed by atoms with Crippen molar-refractivity contribution in [2.75, 3.05) is 27.3 Å². The van der Waals surface area contributed by atoms with Crippen molar-refractivity contribution < 1.29 is 33.4 Å². The summed E-state index contributed by atoms with van der Waals surface area (Å²) in [5.41, 5.74) is 5.89. The number of hydrogen-bond acceptors (Lipinski definition) is 9. The van der Waals surface area contributed by atoms with Gasteiger partial charge in [0.15, 0.2) is 0 Å².